The summed E-state index contributed by atoms with van der Waals surface area (Å²) in [6, 6.07) is 13.0. The second kappa shape index (κ2) is 8.43. The number of anilines is 1. The van der Waals surface area contributed by atoms with Crippen LogP contribution in [-0.2, 0) is 4.79 Å². The van der Waals surface area contributed by atoms with Crippen LogP contribution < -0.4 is 10.2 Å². The summed E-state index contributed by atoms with van der Waals surface area (Å²) in [6.07, 6.45) is 3.13. The molecule has 1 N–H and O–H groups in total. The number of carbonyl (C=O) groups excluding carboxylic acids is 1. The van der Waals surface area contributed by atoms with Crippen LogP contribution in [0.15, 0.2) is 46.3 Å². The topological polar surface area (TPSA) is 44.7 Å². The molecule has 0 radical (unpaired) electrons. The highest BCUT2D eigenvalue weighted by atomic mass is 32.2. The van der Waals surface area contributed by atoms with Crippen molar-refractivity contribution in [3.05, 3.63) is 63.6 Å². The van der Waals surface area contributed by atoms with Gasteiger partial charge in [0.1, 0.15) is 0 Å². The number of aryl methyl sites for hydroxylation is 2. The van der Waals surface area contributed by atoms with E-state index >= 15 is 0 Å². The Bertz CT molecular complexity index is 1130. The Morgan fingerprint density at radius 3 is 2.59 bits per heavy atom. The summed E-state index contributed by atoms with van der Waals surface area (Å²) in [6.45, 7) is 15.7. The van der Waals surface area contributed by atoms with Gasteiger partial charge in [0.2, 0.25) is 0 Å². The van der Waals surface area contributed by atoms with Crippen LogP contribution in [0.3, 0.4) is 0 Å². The van der Waals surface area contributed by atoms with Gasteiger partial charge in [0.15, 0.2) is 5.17 Å². The summed E-state index contributed by atoms with van der Waals surface area (Å²) >= 11 is 1.41. The number of amidine groups is 1. The molecule has 1 fully saturated rings. The molecule has 0 bridgehead atoms. The third kappa shape index (κ3) is 4.23. The van der Waals surface area contributed by atoms with Crippen LogP contribution in [0.1, 0.15) is 69.2 Å². The van der Waals surface area contributed by atoms with E-state index in [0.717, 1.165) is 23.2 Å². The van der Waals surface area contributed by atoms with Gasteiger partial charge in [0.05, 0.1) is 10.6 Å². The maximum absolute atomic E-state index is 12.7. The molecule has 2 heterocycles. The van der Waals surface area contributed by atoms with Crippen molar-refractivity contribution in [2.24, 2.45) is 4.99 Å². The molecule has 1 saturated heterocycles. The van der Waals surface area contributed by atoms with Crippen molar-refractivity contribution in [3.63, 3.8) is 0 Å². The zero-order chi connectivity index (χ0) is 23.2. The molecule has 2 aromatic rings. The van der Waals surface area contributed by atoms with Crippen LogP contribution in [0.5, 0.6) is 0 Å². The van der Waals surface area contributed by atoms with Crippen molar-refractivity contribution >= 4 is 40.3 Å². The monoisotopic (exact) mass is 447 g/mol. The van der Waals surface area contributed by atoms with Crippen LogP contribution >= 0.6 is 11.8 Å². The first-order valence-electron chi connectivity index (χ1n) is 11.4. The highest BCUT2D eigenvalue weighted by Gasteiger charge is 2.38. The first kappa shape index (κ1) is 22.7. The second-order valence-electron chi connectivity index (χ2n) is 9.92. The Morgan fingerprint density at radius 1 is 1.19 bits per heavy atom. The fourth-order valence-corrected chi connectivity index (χ4v) is 5.99. The third-order valence-corrected chi connectivity index (χ3v) is 7.36. The van der Waals surface area contributed by atoms with Gasteiger partial charge in [-0.3, -0.25) is 4.79 Å². The fraction of sp³-hybridized carbons (Fsp3) is 0.407. The number of aliphatic imine (C=N–C) groups is 1. The van der Waals surface area contributed by atoms with E-state index in [1.54, 1.807) is 0 Å². The molecular weight excluding hydrogens is 414 g/mol. The number of nitrogens with zero attached hydrogens (tertiary/aromatic N) is 2. The van der Waals surface area contributed by atoms with Gasteiger partial charge in [-0.05, 0) is 112 Å². The lowest BCUT2D eigenvalue weighted by molar-refractivity contribution is -0.115. The summed E-state index contributed by atoms with van der Waals surface area (Å²) in [5, 5.41) is 3.55. The quantitative estimate of drug-likeness (QED) is 0.533. The van der Waals surface area contributed by atoms with Crippen molar-refractivity contribution < 1.29 is 4.79 Å². The Labute approximate surface area is 196 Å². The van der Waals surface area contributed by atoms with Crippen molar-refractivity contribution in [1.82, 2.24) is 5.32 Å². The normalized spacial score (nSPS) is 22.6. The van der Waals surface area contributed by atoms with Crippen LogP contribution in [0, 0.1) is 13.8 Å². The van der Waals surface area contributed by atoms with E-state index in [-0.39, 0.29) is 11.4 Å². The van der Waals surface area contributed by atoms with Crippen molar-refractivity contribution in [3.8, 4) is 0 Å². The van der Waals surface area contributed by atoms with Crippen LogP contribution in [0.2, 0.25) is 0 Å². The average Bonchev–Trinajstić information content (AvgIpc) is 3.02. The standard InChI is InChI=1S/C27H33N3OS/c1-16(2)30-23-12-18(4)20(13-21(23)19(5)15-27(30,6)7)14-24-25(31)29-26(32-24)28-22-11-9-8-10-17(22)3/h8-14,16,19H,15H2,1-7H3,(H,28,29,31)/b24-14-/t19-/m0/s1. The predicted octanol–water partition coefficient (Wildman–Crippen LogP) is 6.70. The Kier molecular flexibility index (Phi) is 5.97. The number of fused-ring (bicyclic) bond motifs is 1. The number of benzene rings is 2. The van der Waals surface area contributed by atoms with E-state index in [4.69, 9.17) is 0 Å². The van der Waals surface area contributed by atoms with E-state index in [9.17, 15) is 4.79 Å². The minimum absolute atomic E-state index is 0.0857. The average molecular weight is 448 g/mol. The van der Waals surface area contributed by atoms with Gasteiger partial charge < -0.3 is 10.2 Å². The van der Waals surface area contributed by atoms with Crippen molar-refractivity contribution in [1.29, 1.82) is 0 Å². The zero-order valence-corrected chi connectivity index (χ0v) is 20.9. The van der Waals surface area contributed by atoms with Crippen molar-refractivity contribution in [2.45, 2.75) is 72.4 Å². The molecule has 0 aliphatic carbocycles. The minimum Gasteiger partial charge on any atom is -0.364 e. The highest BCUT2D eigenvalue weighted by Crippen LogP contribution is 2.45. The first-order valence-corrected chi connectivity index (χ1v) is 12.2. The van der Waals surface area contributed by atoms with Gasteiger partial charge in [0.25, 0.3) is 5.91 Å². The Hall–Kier alpha value is -2.53. The molecule has 4 nitrogen and oxygen atoms in total. The molecule has 4 rings (SSSR count). The molecule has 0 saturated carbocycles. The van der Waals surface area contributed by atoms with Gasteiger partial charge in [0, 0.05) is 17.3 Å². The number of para-hydroxylation sites is 1. The van der Waals surface area contributed by atoms with E-state index in [1.165, 1.54) is 28.6 Å². The lowest BCUT2D eigenvalue weighted by Gasteiger charge is -2.50. The van der Waals surface area contributed by atoms with Gasteiger partial charge in [-0.25, -0.2) is 4.99 Å². The van der Waals surface area contributed by atoms with E-state index in [0.29, 0.717) is 22.0 Å². The first-order chi connectivity index (χ1) is 15.1. The van der Waals surface area contributed by atoms with Crippen LogP contribution in [0.25, 0.3) is 6.08 Å². The Morgan fingerprint density at radius 2 is 1.91 bits per heavy atom. The summed E-state index contributed by atoms with van der Waals surface area (Å²) in [4.78, 5) is 20.6. The number of rotatable bonds is 3. The fourth-order valence-electron chi connectivity index (χ4n) is 5.17. The maximum atomic E-state index is 12.7. The second-order valence-corrected chi connectivity index (χ2v) is 10.9. The lowest BCUT2D eigenvalue weighted by atomic mass is 9.78. The zero-order valence-electron chi connectivity index (χ0n) is 20.1. The smallest absolute Gasteiger partial charge is 0.264 e. The number of hydrogen-bond donors (Lipinski definition) is 1. The molecule has 5 heteroatoms. The number of amides is 1. The molecule has 2 aromatic carbocycles. The molecule has 168 valence electrons. The van der Waals surface area contributed by atoms with Crippen molar-refractivity contribution in [2.75, 3.05) is 4.90 Å². The largest absolute Gasteiger partial charge is 0.364 e. The predicted molar refractivity (Wildman–Crippen MR) is 138 cm³/mol. The summed E-state index contributed by atoms with van der Waals surface area (Å²) in [5.41, 5.74) is 7.07. The van der Waals surface area contributed by atoms with E-state index in [2.05, 4.69) is 68.9 Å². The molecule has 2 aliphatic rings. The molecule has 0 unspecified atom stereocenters. The van der Waals surface area contributed by atoms with E-state index < -0.39 is 0 Å². The number of hydrogen-bond acceptors (Lipinski definition) is 4. The molecule has 2 aliphatic heterocycles. The maximum Gasteiger partial charge on any atom is 0.264 e. The Balaban J connectivity index is 1.69. The third-order valence-electron chi connectivity index (χ3n) is 6.45. The molecule has 32 heavy (non-hydrogen) atoms. The number of nitrogens with one attached hydrogen (secondary N) is 1. The summed E-state index contributed by atoms with van der Waals surface area (Å²) < 4.78 is 0. The minimum atomic E-state index is -0.0857. The number of carbonyl (C=O) groups is 1. The lowest BCUT2D eigenvalue weighted by Crippen LogP contribution is -2.51. The van der Waals surface area contributed by atoms with Crippen LogP contribution in [0.4, 0.5) is 11.4 Å². The summed E-state index contributed by atoms with van der Waals surface area (Å²) in [5.74, 6) is 0.383. The SMILES string of the molecule is Cc1cc2c(cc1/C=C1\SC(=Nc3ccccc3C)NC1=O)[C@@H](C)CC(C)(C)N2C(C)C. The molecule has 0 aromatic heterocycles. The van der Waals surface area contributed by atoms with E-state index in [1.807, 2.05) is 37.3 Å². The van der Waals surface area contributed by atoms with Gasteiger partial charge >= 0.3 is 0 Å². The molecule has 1 amide bonds. The van der Waals surface area contributed by atoms with Gasteiger partial charge in [-0.2, -0.15) is 0 Å². The summed E-state index contributed by atoms with van der Waals surface area (Å²) in [7, 11) is 0. The van der Waals surface area contributed by atoms with Gasteiger partial charge in [-0.1, -0.05) is 25.1 Å². The van der Waals surface area contributed by atoms with Gasteiger partial charge in [-0.15, -0.1) is 0 Å². The highest BCUT2D eigenvalue weighted by molar-refractivity contribution is 8.18. The van der Waals surface area contributed by atoms with Crippen LogP contribution in [-0.4, -0.2) is 22.7 Å². The molecule has 0 spiro atoms. The number of thioether (sulfide) groups is 1. The molecule has 1 atom stereocenters. The molecular formula is C27H33N3OS.